The third kappa shape index (κ3) is 3.63. The number of hydrogen-bond donors (Lipinski definition) is 1. The minimum Gasteiger partial charge on any atom is -0.345 e. The fourth-order valence-corrected chi connectivity index (χ4v) is 1.90. The summed E-state index contributed by atoms with van der Waals surface area (Å²) < 4.78 is 1.66. The molecule has 0 bridgehead atoms. The third-order valence-electron chi connectivity index (χ3n) is 3.32. The standard InChI is InChI=1S/C14H20N6O/c1-4-19(3)14(21)11(2)15-10-13-16-17-18-20(13)12-8-6-5-7-9-12/h5-9,11,15H,4,10H2,1-3H3. The SMILES string of the molecule is CCN(C)C(=O)C(C)NCc1nnnn1-c1ccccc1. The molecular weight excluding hydrogens is 268 g/mol. The van der Waals surface area contributed by atoms with E-state index in [4.69, 9.17) is 0 Å². The van der Waals surface area contributed by atoms with Gasteiger partial charge in [-0.1, -0.05) is 18.2 Å². The lowest BCUT2D eigenvalue weighted by molar-refractivity contribution is -0.131. The van der Waals surface area contributed by atoms with Gasteiger partial charge in [-0.2, -0.15) is 4.68 Å². The van der Waals surface area contributed by atoms with E-state index in [1.807, 2.05) is 44.2 Å². The molecule has 0 saturated carbocycles. The van der Waals surface area contributed by atoms with Crippen molar-refractivity contribution in [2.75, 3.05) is 13.6 Å². The van der Waals surface area contributed by atoms with Gasteiger partial charge in [0.25, 0.3) is 0 Å². The van der Waals surface area contributed by atoms with E-state index in [0.717, 1.165) is 5.69 Å². The zero-order valence-electron chi connectivity index (χ0n) is 12.5. The molecule has 7 nitrogen and oxygen atoms in total. The van der Waals surface area contributed by atoms with E-state index in [2.05, 4.69) is 20.8 Å². The van der Waals surface area contributed by atoms with Gasteiger partial charge in [0.05, 0.1) is 18.3 Å². The lowest BCUT2D eigenvalue weighted by Gasteiger charge is -2.20. The van der Waals surface area contributed by atoms with Crippen LogP contribution < -0.4 is 5.32 Å². The highest BCUT2D eigenvalue weighted by molar-refractivity contribution is 5.81. The van der Waals surface area contributed by atoms with Crippen LogP contribution in [-0.4, -0.2) is 50.6 Å². The number of nitrogens with zero attached hydrogens (tertiary/aromatic N) is 5. The molecule has 0 radical (unpaired) electrons. The lowest BCUT2D eigenvalue weighted by Crippen LogP contribution is -2.43. The number of carbonyl (C=O) groups is 1. The Hall–Kier alpha value is -2.28. The molecule has 7 heteroatoms. The zero-order valence-corrected chi connectivity index (χ0v) is 12.5. The summed E-state index contributed by atoms with van der Waals surface area (Å²) in [6.07, 6.45) is 0. The molecule has 0 aliphatic rings. The van der Waals surface area contributed by atoms with E-state index in [1.165, 1.54) is 0 Å². The van der Waals surface area contributed by atoms with Gasteiger partial charge in [-0.05, 0) is 36.4 Å². The van der Waals surface area contributed by atoms with E-state index in [-0.39, 0.29) is 11.9 Å². The number of likely N-dealkylation sites (N-methyl/N-ethyl adjacent to an activating group) is 1. The van der Waals surface area contributed by atoms with Gasteiger partial charge >= 0.3 is 0 Å². The molecule has 1 atom stereocenters. The Balaban J connectivity index is 2.02. The summed E-state index contributed by atoms with van der Waals surface area (Å²) in [5.74, 6) is 0.719. The van der Waals surface area contributed by atoms with Gasteiger partial charge in [-0.25, -0.2) is 0 Å². The van der Waals surface area contributed by atoms with Crippen LogP contribution in [0.2, 0.25) is 0 Å². The van der Waals surface area contributed by atoms with Crippen LogP contribution in [0.3, 0.4) is 0 Å². The molecule has 21 heavy (non-hydrogen) atoms. The molecule has 0 aliphatic carbocycles. The summed E-state index contributed by atoms with van der Waals surface area (Å²) in [4.78, 5) is 13.7. The third-order valence-corrected chi connectivity index (χ3v) is 3.32. The van der Waals surface area contributed by atoms with E-state index < -0.39 is 0 Å². The van der Waals surface area contributed by atoms with Crippen LogP contribution in [0.15, 0.2) is 30.3 Å². The van der Waals surface area contributed by atoms with Crippen LogP contribution in [0.4, 0.5) is 0 Å². The molecular formula is C14H20N6O. The van der Waals surface area contributed by atoms with Crippen molar-refractivity contribution < 1.29 is 4.79 Å². The molecule has 2 rings (SSSR count). The van der Waals surface area contributed by atoms with Gasteiger partial charge in [0.2, 0.25) is 5.91 Å². The van der Waals surface area contributed by atoms with Crippen molar-refractivity contribution in [2.45, 2.75) is 26.4 Å². The first-order valence-corrected chi connectivity index (χ1v) is 6.94. The maximum Gasteiger partial charge on any atom is 0.239 e. The van der Waals surface area contributed by atoms with E-state index >= 15 is 0 Å². The quantitative estimate of drug-likeness (QED) is 0.843. The van der Waals surface area contributed by atoms with E-state index in [1.54, 1.807) is 16.6 Å². The maximum atomic E-state index is 12.0. The van der Waals surface area contributed by atoms with Crippen LogP contribution in [-0.2, 0) is 11.3 Å². The lowest BCUT2D eigenvalue weighted by atomic mass is 10.3. The smallest absolute Gasteiger partial charge is 0.239 e. The van der Waals surface area contributed by atoms with Crippen LogP contribution >= 0.6 is 0 Å². The number of hydrogen-bond acceptors (Lipinski definition) is 5. The van der Waals surface area contributed by atoms with Crippen molar-refractivity contribution in [3.05, 3.63) is 36.2 Å². The van der Waals surface area contributed by atoms with Gasteiger partial charge in [-0.15, -0.1) is 5.10 Å². The number of para-hydroxylation sites is 1. The number of benzene rings is 1. The van der Waals surface area contributed by atoms with Crippen LogP contribution in [0.25, 0.3) is 5.69 Å². The Labute approximate surface area is 123 Å². The number of aromatic nitrogens is 4. The van der Waals surface area contributed by atoms with Crippen LogP contribution in [0, 0.1) is 0 Å². The molecule has 0 saturated heterocycles. The molecule has 2 aromatic rings. The predicted octanol–water partition coefficient (Wildman–Crippen LogP) is 0.619. The predicted molar refractivity (Wildman–Crippen MR) is 78.8 cm³/mol. The normalized spacial score (nSPS) is 12.1. The molecule has 1 N–H and O–H groups in total. The Morgan fingerprint density at radius 2 is 2.10 bits per heavy atom. The number of amides is 1. The second kappa shape index (κ2) is 6.94. The second-order valence-corrected chi connectivity index (χ2v) is 4.80. The van der Waals surface area contributed by atoms with Crippen molar-refractivity contribution in [1.82, 2.24) is 30.4 Å². The summed E-state index contributed by atoms with van der Waals surface area (Å²) in [6.45, 7) is 4.89. The van der Waals surface area contributed by atoms with Crippen LogP contribution in [0.5, 0.6) is 0 Å². The van der Waals surface area contributed by atoms with Crippen molar-refractivity contribution >= 4 is 5.91 Å². The molecule has 1 unspecified atom stereocenters. The number of rotatable bonds is 6. The van der Waals surface area contributed by atoms with Gasteiger partial charge in [-0.3, -0.25) is 10.1 Å². The topological polar surface area (TPSA) is 75.9 Å². The number of nitrogens with one attached hydrogen (secondary N) is 1. The molecule has 1 amide bonds. The highest BCUT2D eigenvalue weighted by atomic mass is 16.2. The fraction of sp³-hybridized carbons (Fsp3) is 0.429. The van der Waals surface area contributed by atoms with Gasteiger partial charge < -0.3 is 4.90 Å². The summed E-state index contributed by atoms with van der Waals surface area (Å²) in [5, 5.41) is 14.8. The number of carbonyl (C=O) groups excluding carboxylic acids is 1. The average molecular weight is 288 g/mol. The molecule has 0 aliphatic heterocycles. The molecule has 112 valence electrons. The molecule has 0 spiro atoms. The first-order chi connectivity index (χ1) is 10.1. The first-order valence-electron chi connectivity index (χ1n) is 6.94. The maximum absolute atomic E-state index is 12.0. The Morgan fingerprint density at radius 3 is 2.76 bits per heavy atom. The minimum absolute atomic E-state index is 0.0521. The highest BCUT2D eigenvalue weighted by Crippen LogP contribution is 2.07. The Kier molecular flexibility index (Phi) is 4.99. The summed E-state index contributed by atoms with van der Waals surface area (Å²) in [5.41, 5.74) is 0.893. The monoisotopic (exact) mass is 288 g/mol. The molecule has 1 aromatic carbocycles. The fourth-order valence-electron chi connectivity index (χ4n) is 1.90. The van der Waals surface area contributed by atoms with Gasteiger partial charge in [0.1, 0.15) is 0 Å². The summed E-state index contributed by atoms with van der Waals surface area (Å²) >= 11 is 0. The minimum atomic E-state index is -0.282. The van der Waals surface area contributed by atoms with Gasteiger partial charge in [0, 0.05) is 13.6 Å². The largest absolute Gasteiger partial charge is 0.345 e. The summed E-state index contributed by atoms with van der Waals surface area (Å²) in [7, 11) is 1.79. The van der Waals surface area contributed by atoms with Crippen molar-refractivity contribution in [3.8, 4) is 5.69 Å². The average Bonchev–Trinajstić information content (AvgIpc) is 3.00. The molecule has 1 heterocycles. The second-order valence-electron chi connectivity index (χ2n) is 4.80. The molecule has 0 fully saturated rings. The van der Waals surface area contributed by atoms with Crippen molar-refractivity contribution in [2.24, 2.45) is 0 Å². The van der Waals surface area contributed by atoms with E-state index in [0.29, 0.717) is 18.9 Å². The van der Waals surface area contributed by atoms with E-state index in [9.17, 15) is 4.79 Å². The van der Waals surface area contributed by atoms with Crippen molar-refractivity contribution in [3.63, 3.8) is 0 Å². The Bertz CT molecular complexity index is 582. The molecule has 1 aromatic heterocycles. The van der Waals surface area contributed by atoms with Gasteiger partial charge in [0.15, 0.2) is 5.82 Å². The number of tetrazole rings is 1. The Morgan fingerprint density at radius 1 is 1.38 bits per heavy atom. The zero-order chi connectivity index (χ0) is 15.2. The van der Waals surface area contributed by atoms with Crippen molar-refractivity contribution in [1.29, 1.82) is 0 Å². The first kappa shape index (κ1) is 15.1. The highest BCUT2D eigenvalue weighted by Gasteiger charge is 2.17. The van der Waals surface area contributed by atoms with Crippen LogP contribution in [0.1, 0.15) is 19.7 Å². The summed E-state index contributed by atoms with van der Waals surface area (Å²) in [6, 6.07) is 9.37.